The standard InChI is InChI=1S/C14H17NO2S/c1-3-13(16)12-6-4-5-7-14(12)17-8-11-9-18-10(2)15-11/h4-7,9,13,16H,3,8H2,1-2H3. The van der Waals surface area contributed by atoms with Crippen molar-refractivity contribution in [2.45, 2.75) is 33.0 Å². The zero-order valence-corrected chi connectivity index (χ0v) is 11.4. The number of ether oxygens (including phenoxy) is 1. The van der Waals surface area contributed by atoms with Crippen molar-refractivity contribution in [1.29, 1.82) is 0 Å². The molecule has 0 saturated carbocycles. The Hall–Kier alpha value is -1.39. The van der Waals surface area contributed by atoms with Gasteiger partial charge in [0.05, 0.1) is 16.8 Å². The maximum atomic E-state index is 9.92. The topological polar surface area (TPSA) is 42.4 Å². The highest BCUT2D eigenvalue weighted by Crippen LogP contribution is 2.27. The van der Waals surface area contributed by atoms with Crippen molar-refractivity contribution >= 4 is 11.3 Å². The Labute approximate surface area is 111 Å². The number of aliphatic hydroxyl groups excluding tert-OH is 1. The van der Waals surface area contributed by atoms with Crippen LogP contribution in [0.5, 0.6) is 5.75 Å². The van der Waals surface area contributed by atoms with Crippen LogP contribution < -0.4 is 4.74 Å². The van der Waals surface area contributed by atoms with E-state index in [2.05, 4.69) is 4.98 Å². The molecule has 4 heteroatoms. The van der Waals surface area contributed by atoms with Gasteiger partial charge in [-0.3, -0.25) is 0 Å². The molecule has 2 aromatic rings. The first-order valence-corrected chi connectivity index (χ1v) is 6.89. The molecule has 0 fully saturated rings. The molecule has 0 saturated heterocycles. The Balaban J connectivity index is 2.09. The Bertz CT molecular complexity index is 510. The summed E-state index contributed by atoms with van der Waals surface area (Å²) in [4.78, 5) is 4.35. The van der Waals surface area contributed by atoms with Crippen LogP contribution in [0.1, 0.15) is 35.7 Å². The molecule has 1 heterocycles. The molecule has 0 amide bonds. The van der Waals surface area contributed by atoms with Crippen LogP contribution in [0, 0.1) is 6.92 Å². The van der Waals surface area contributed by atoms with Crippen LogP contribution in [-0.4, -0.2) is 10.1 Å². The van der Waals surface area contributed by atoms with Crippen molar-refractivity contribution in [3.63, 3.8) is 0 Å². The maximum Gasteiger partial charge on any atom is 0.131 e. The molecular formula is C14H17NO2S. The predicted octanol–water partition coefficient (Wildman–Crippen LogP) is 3.47. The molecule has 2 rings (SSSR count). The summed E-state index contributed by atoms with van der Waals surface area (Å²) < 4.78 is 5.74. The third-order valence-electron chi connectivity index (χ3n) is 2.71. The largest absolute Gasteiger partial charge is 0.487 e. The number of aromatic nitrogens is 1. The van der Waals surface area contributed by atoms with Gasteiger partial charge in [-0.05, 0) is 19.4 Å². The number of hydrogen-bond acceptors (Lipinski definition) is 4. The Morgan fingerprint density at radius 3 is 2.83 bits per heavy atom. The molecule has 0 bridgehead atoms. The van der Waals surface area contributed by atoms with E-state index in [0.29, 0.717) is 13.0 Å². The minimum Gasteiger partial charge on any atom is -0.487 e. The Kier molecular flexibility index (Phi) is 4.33. The lowest BCUT2D eigenvalue weighted by atomic mass is 10.1. The molecule has 0 aliphatic heterocycles. The third-order valence-corrected chi connectivity index (χ3v) is 3.53. The van der Waals surface area contributed by atoms with Gasteiger partial charge in [0.25, 0.3) is 0 Å². The Morgan fingerprint density at radius 2 is 2.17 bits per heavy atom. The van der Waals surface area contributed by atoms with Gasteiger partial charge in [-0.1, -0.05) is 25.1 Å². The van der Waals surface area contributed by atoms with Gasteiger partial charge in [0.1, 0.15) is 12.4 Å². The van der Waals surface area contributed by atoms with E-state index in [9.17, 15) is 5.11 Å². The van der Waals surface area contributed by atoms with E-state index in [4.69, 9.17) is 4.74 Å². The van der Waals surface area contributed by atoms with Crippen LogP contribution in [0.4, 0.5) is 0 Å². The summed E-state index contributed by atoms with van der Waals surface area (Å²) in [5.41, 5.74) is 1.77. The van der Waals surface area contributed by atoms with Gasteiger partial charge in [0.15, 0.2) is 0 Å². The van der Waals surface area contributed by atoms with E-state index >= 15 is 0 Å². The first-order valence-electron chi connectivity index (χ1n) is 6.01. The summed E-state index contributed by atoms with van der Waals surface area (Å²) in [6.45, 7) is 4.37. The predicted molar refractivity (Wildman–Crippen MR) is 72.9 cm³/mol. The minimum atomic E-state index is -0.474. The van der Waals surface area contributed by atoms with Gasteiger partial charge in [-0.2, -0.15) is 0 Å². The zero-order valence-electron chi connectivity index (χ0n) is 10.6. The van der Waals surface area contributed by atoms with E-state index < -0.39 is 6.10 Å². The lowest BCUT2D eigenvalue weighted by Gasteiger charge is -2.14. The minimum absolute atomic E-state index is 0.442. The molecule has 0 radical (unpaired) electrons. The number of nitrogens with zero attached hydrogens (tertiary/aromatic N) is 1. The molecule has 1 N–H and O–H groups in total. The lowest BCUT2D eigenvalue weighted by Crippen LogP contribution is -2.02. The quantitative estimate of drug-likeness (QED) is 0.898. The highest BCUT2D eigenvalue weighted by Gasteiger charge is 2.11. The number of aryl methyl sites for hydroxylation is 1. The fourth-order valence-corrected chi connectivity index (χ4v) is 2.33. The molecule has 96 valence electrons. The maximum absolute atomic E-state index is 9.92. The summed E-state index contributed by atoms with van der Waals surface area (Å²) in [5, 5.41) is 12.9. The average Bonchev–Trinajstić information content (AvgIpc) is 2.81. The molecule has 0 spiro atoms. The second kappa shape index (κ2) is 5.98. The van der Waals surface area contributed by atoms with Crippen LogP contribution >= 0.6 is 11.3 Å². The highest BCUT2D eigenvalue weighted by atomic mass is 32.1. The number of benzene rings is 1. The van der Waals surface area contributed by atoms with Crippen LogP contribution in [0.15, 0.2) is 29.6 Å². The van der Waals surface area contributed by atoms with Crippen LogP contribution in [0.3, 0.4) is 0 Å². The van der Waals surface area contributed by atoms with Crippen molar-refractivity contribution in [2.75, 3.05) is 0 Å². The fourth-order valence-electron chi connectivity index (χ4n) is 1.73. The van der Waals surface area contributed by atoms with Gasteiger partial charge >= 0.3 is 0 Å². The van der Waals surface area contributed by atoms with E-state index in [1.807, 2.05) is 43.5 Å². The summed E-state index contributed by atoms with van der Waals surface area (Å²) in [5.74, 6) is 0.734. The van der Waals surface area contributed by atoms with E-state index in [-0.39, 0.29) is 0 Å². The number of para-hydroxylation sites is 1. The Morgan fingerprint density at radius 1 is 1.39 bits per heavy atom. The normalized spacial score (nSPS) is 12.4. The summed E-state index contributed by atoms with van der Waals surface area (Å²) >= 11 is 1.61. The van der Waals surface area contributed by atoms with E-state index in [1.54, 1.807) is 11.3 Å². The fraction of sp³-hybridized carbons (Fsp3) is 0.357. The molecule has 18 heavy (non-hydrogen) atoms. The van der Waals surface area contributed by atoms with Gasteiger partial charge in [0, 0.05) is 10.9 Å². The van der Waals surface area contributed by atoms with Crippen LogP contribution in [-0.2, 0) is 6.61 Å². The second-order valence-corrected chi connectivity index (χ2v) is 5.17. The molecule has 3 nitrogen and oxygen atoms in total. The second-order valence-electron chi connectivity index (χ2n) is 4.11. The van der Waals surface area contributed by atoms with Crippen molar-refractivity contribution in [3.8, 4) is 5.75 Å². The molecular weight excluding hydrogens is 246 g/mol. The van der Waals surface area contributed by atoms with Crippen LogP contribution in [0.25, 0.3) is 0 Å². The smallest absolute Gasteiger partial charge is 0.131 e. The first kappa shape index (κ1) is 13.1. The van der Waals surface area contributed by atoms with E-state index in [0.717, 1.165) is 22.0 Å². The molecule has 1 aromatic heterocycles. The number of rotatable bonds is 5. The van der Waals surface area contributed by atoms with Crippen molar-refractivity contribution < 1.29 is 9.84 Å². The first-order chi connectivity index (χ1) is 8.70. The third kappa shape index (κ3) is 3.09. The summed E-state index contributed by atoms with van der Waals surface area (Å²) in [6.07, 6.45) is 0.203. The molecule has 0 aliphatic rings. The van der Waals surface area contributed by atoms with Crippen molar-refractivity contribution in [2.24, 2.45) is 0 Å². The molecule has 1 atom stereocenters. The SMILES string of the molecule is CCC(O)c1ccccc1OCc1csc(C)n1. The lowest BCUT2D eigenvalue weighted by molar-refractivity contribution is 0.166. The van der Waals surface area contributed by atoms with Crippen molar-refractivity contribution in [1.82, 2.24) is 4.98 Å². The monoisotopic (exact) mass is 263 g/mol. The van der Waals surface area contributed by atoms with Gasteiger partial charge < -0.3 is 9.84 Å². The van der Waals surface area contributed by atoms with Crippen LogP contribution in [0.2, 0.25) is 0 Å². The zero-order chi connectivity index (χ0) is 13.0. The highest BCUT2D eigenvalue weighted by molar-refractivity contribution is 7.09. The number of aliphatic hydroxyl groups is 1. The van der Waals surface area contributed by atoms with Gasteiger partial charge in [-0.25, -0.2) is 4.98 Å². The average molecular weight is 263 g/mol. The number of hydrogen-bond donors (Lipinski definition) is 1. The summed E-state index contributed by atoms with van der Waals surface area (Å²) in [7, 11) is 0. The van der Waals surface area contributed by atoms with Crippen molar-refractivity contribution in [3.05, 3.63) is 45.9 Å². The molecule has 0 aliphatic carbocycles. The molecule has 1 unspecified atom stereocenters. The number of thiazole rings is 1. The summed E-state index contributed by atoms with van der Waals surface area (Å²) in [6, 6.07) is 7.60. The van der Waals surface area contributed by atoms with Gasteiger partial charge in [0.2, 0.25) is 0 Å². The van der Waals surface area contributed by atoms with E-state index in [1.165, 1.54) is 0 Å². The molecule has 1 aromatic carbocycles. The van der Waals surface area contributed by atoms with Gasteiger partial charge in [-0.15, -0.1) is 11.3 Å².